The number of amides is 1. The van der Waals surface area contributed by atoms with Crippen LogP contribution in [-0.4, -0.2) is 10.9 Å². The summed E-state index contributed by atoms with van der Waals surface area (Å²) in [6.45, 7) is 3.97. The molecule has 0 unspecified atom stereocenters. The third kappa shape index (κ3) is 1.90. The number of aromatic nitrogens is 1. The molecule has 0 fully saturated rings. The average molecular weight is 263 g/mol. The van der Waals surface area contributed by atoms with E-state index in [2.05, 4.69) is 16.4 Å². The molecule has 2 N–H and O–H groups in total. The first-order chi connectivity index (χ1) is 9.58. The van der Waals surface area contributed by atoms with E-state index >= 15 is 0 Å². The van der Waals surface area contributed by atoms with Crippen LogP contribution in [0.4, 0.5) is 5.69 Å². The maximum Gasteiger partial charge on any atom is 0.256 e. The first kappa shape index (κ1) is 12.2. The van der Waals surface area contributed by atoms with Crippen molar-refractivity contribution in [1.29, 1.82) is 5.26 Å². The molecule has 2 heterocycles. The maximum absolute atomic E-state index is 12.1. The Balaban J connectivity index is 2.14. The molecule has 4 nitrogen and oxygen atoms in total. The number of anilines is 1. The molecule has 3 rings (SSSR count). The summed E-state index contributed by atoms with van der Waals surface area (Å²) in [6, 6.07) is 9.33. The maximum atomic E-state index is 12.1. The van der Waals surface area contributed by atoms with Crippen molar-refractivity contribution in [3.8, 4) is 6.07 Å². The van der Waals surface area contributed by atoms with Crippen molar-refractivity contribution in [2.75, 3.05) is 5.32 Å². The molecule has 0 saturated carbocycles. The highest BCUT2D eigenvalue weighted by Crippen LogP contribution is 2.34. The summed E-state index contributed by atoms with van der Waals surface area (Å²) in [6.07, 6.45) is 1.84. The number of nitrogens with zero attached hydrogens (tertiary/aromatic N) is 1. The fraction of sp³-hybridized carbons (Fsp3) is 0.125. The fourth-order valence-electron chi connectivity index (χ4n) is 2.44. The van der Waals surface area contributed by atoms with Gasteiger partial charge in [0, 0.05) is 22.6 Å². The molecule has 98 valence electrons. The molecule has 1 aliphatic heterocycles. The van der Waals surface area contributed by atoms with Gasteiger partial charge in [-0.2, -0.15) is 5.26 Å². The minimum atomic E-state index is -0.137. The number of aryl methyl sites for hydroxylation is 2. The van der Waals surface area contributed by atoms with Gasteiger partial charge in [-0.3, -0.25) is 4.79 Å². The summed E-state index contributed by atoms with van der Waals surface area (Å²) < 4.78 is 0. The van der Waals surface area contributed by atoms with Gasteiger partial charge < -0.3 is 10.3 Å². The van der Waals surface area contributed by atoms with Gasteiger partial charge in [0.05, 0.1) is 17.2 Å². The van der Waals surface area contributed by atoms with E-state index in [-0.39, 0.29) is 5.91 Å². The second-order valence-electron chi connectivity index (χ2n) is 4.93. The van der Waals surface area contributed by atoms with Crippen molar-refractivity contribution < 1.29 is 4.79 Å². The second-order valence-corrected chi connectivity index (χ2v) is 4.93. The monoisotopic (exact) mass is 263 g/mol. The molecule has 1 amide bonds. The van der Waals surface area contributed by atoms with Crippen molar-refractivity contribution in [3.63, 3.8) is 0 Å². The molecule has 1 aliphatic rings. The van der Waals surface area contributed by atoms with Gasteiger partial charge in [0.15, 0.2) is 0 Å². The van der Waals surface area contributed by atoms with Gasteiger partial charge in [-0.1, -0.05) is 0 Å². The predicted octanol–water partition coefficient (Wildman–Crippen LogP) is 3.00. The third-order valence-corrected chi connectivity index (χ3v) is 3.41. The van der Waals surface area contributed by atoms with Gasteiger partial charge in [0.2, 0.25) is 0 Å². The van der Waals surface area contributed by atoms with E-state index in [0.29, 0.717) is 11.1 Å². The topological polar surface area (TPSA) is 68.7 Å². The first-order valence-corrected chi connectivity index (χ1v) is 6.32. The lowest BCUT2D eigenvalue weighted by molar-refractivity contribution is -0.110. The number of carbonyl (C=O) groups is 1. The highest BCUT2D eigenvalue weighted by atomic mass is 16.2. The Kier molecular flexibility index (Phi) is 2.69. The van der Waals surface area contributed by atoms with Crippen LogP contribution in [0.3, 0.4) is 0 Å². The molecular formula is C16H13N3O. The van der Waals surface area contributed by atoms with E-state index in [0.717, 1.165) is 28.2 Å². The number of aromatic amines is 1. The van der Waals surface area contributed by atoms with Crippen LogP contribution in [0.5, 0.6) is 0 Å². The lowest BCUT2D eigenvalue weighted by Crippen LogP contribution is -2.03. The van der Waals surface area contributed by atoms with Crippen LogP contribution in [0.25, 0.3) is 11.6 Å². The summed E-state index contributed by atoms with van der Waals surface area (Å²) in [5.74, 6) is -0.137. The fourth-order valence-corrected chi connectivity index (χ4v) is 2.44. The van der Waals surface area contributed by atoms with Gasteiger partial charge in [-0.15, -0.1) is 0 Å². The molecule has 2 aromatic rings. The predicted molar refractivity (Wildman–Crippen MR) is 77.9 cm³/mol. The van der Waals surface area contributed by atoms with Crippen LogP contribution in [0.2, 0.25) is 0 Å². The Morgan fingerprint density at radius 3 is 2.70 bits per heavy atom. The number of H-pyrrole nitrogens is 1. The van der Waals surface area contributed by atoms with Crippen LogP contribution in [0.15, 0.2) is 24.3 Å². The number of hydrogen-bond donors (Lipinski definition) is 2. The number of carbonyl (C=O) groups excluding carboxylic acids is 1. The number of benzene rings is 1. The number of nitriles is 1. The van der Waals surface area contributed by atoms with Crippen LogP contribution < -0.4 is 5.32 Å². The minimum Gasteiger partial charge on any atom is -0.359 e. The van der Waals surface area contributed by atoms with E-state index in [9.17, 15) is 4.79 Å². The van der Waals surface area contributed by atoms with Crippen molar-refractivity contribution in [1.82, 2.24) is 4.98 Å². The Hall–Kier alpha value is -2.80. The highest BCUT2D eigenvalue weighted by Gasteiger charge is 2.24. The molecule has 1 aromatic heterocycles. The zero-order valence-corrected chi connectivity index (χ0v) is 11.2. The molecule has 0 aliphatic carbocycles. The molecule has 0 atom stereocenters. The van der Waals surface area contributed by atoms with Crippen LogP contribution in [0, 0.1) is 25.2 Å². The van der Waals surface area contributed by atoms with Gasteiger partial charge in [0.1, 0.15) is 0 Å². The van der Waals surface area contributed by atoms with Gasteiger partial charge in [0.25, 0.3) is 5.91 Å². The van der Waals surface area contributed by atoms with Crippen molar-refractivity contribution >= 4 is 23.2 Å². The quantitative estimate of drug-likeness (QED) is 0.776. The number of fused-ring (bicyclic) bond motifs is 1. The van der Waals surface area contributed by atoms with E-state index in [1.807, 2.05) is 26.0 Å². The van der Waals surface area contributed by atoms with Gasteiger partial charge in [-0.25, -0.2) is 0 Å². The van der Waals surface area contributed by atoms with E-state index in [1.165, 1.54) is 0 Å². The van der Waals surface area contributed by atoms with Gasteiger partial charge >= 0.3 is 0 Å². The minimum absolute atomic E-state index is 0.137. The Bertz CT molecular complexity index is 791. The number of rotatable bonds is 1. The summed E-state index contributed by atoms with van der Waals surface area (Å²) >= 11 is 0. The van der Waals surface area contributed by atoms with Crippen molar-refractivity contribution in [3.05, 3.63) is 52.3 Å². The molecule has 1 aromatic carbocycles. The Labute approximate surface area is 116 Å². The number of nitrogens with one attached hydrogen (secondary N) is 2. The van der Waals surface area contributed by atoms with E-state index in [4.69, 9.17) is 5.26 Å². The molecular weight excluding hydrogens is 250 g/mol. The Morgan fingerprint density at radius 1 is 1.25 bits per heavy atom. The normalized spacial score (nSPS) is 15.1. The molecule has 0 bridgehead atoms. The first-order valence-electron chi connectivity index (χ1n) is 6.32. The SMILES string of the molecule is Cc1cc(C)c(/C=C2\C(=O)Nc3ccc(C#N)cc32)[nH]1. The van der Waals surface area contributed by atoms with Crippen molar-refractivity contribution in [2.24, 2.45) is 0 Å². The molecule has 4 heteroatoms. The lowest BCUT2D eigenvalue weighted by atomic mass is 10.0. The highest BCUT2D eigenvalue weighted by molar-refractivity contribution is 6.34. The largest absolute Gasteiger partial charge is 0.359 e. The van der Waals surface area contributed by atoms with E-state index < -0.39 is 0 Å². The summed E-state index contributed by atoms with van der Waals surface area (Å²) in [5.41, 5.74) is 5.73. The third-order valence-electron chi connectivity index (χ3n) is 3.41. The van der Waals surface area contributed by atoms with Crippen LogP contribution in [-0.2, 0) is 4.79 Å². The van der Waals surface area contributed by atoms with Crippen molar-refractivity contribution in [2.45, 2.75) is 13.8 Å². The standard InChI is InChI=1S/C16H13N3O/c1-9-5-10(2)18-15(9)7-13-12-6-11(8-17)3-4-14(12)19-16(13)20/h3-7,18H,1-2H3,(H,19,20)/b13-7-. The molecule has 0 saturated heterocycles. The molecule has 0 radical (unpaired) electrons. The zero-order chi connectivity index (χ0) is 14.3. The molecule has 20 heavy (non-hydrogen) atoms. The Morgan fingerprint density at radius 2 is 2.05 bits per heavy atom. The van der Waals surface area contributed by atoms with Crippen LogP contribution in [0.1, 0.15) is 28.1 Å². The lowest BCUT2D eigenvalue weighted by Gasteiger charge is -1.99. The molecule has 0 spiro atoms. The summed E-state index contributed by atoms with van der Waals surface area (Å²) in [7, 11) is 0. The average Bonchev–Trinajstić information content (AvgIpc) is 2.90. The van der Waals surface area contributed by atoms with E-state index in [1.54, 1.807) is 18.2 Å². The number of hydrogen-bond acceptors (Lipinski definition) is 2. The summed E-state index contributed by atoms with van der Waals surface area (Å²) in [4.78, 5) is 15.3. The summed E-state index contributed by atoms with van der Waals surface area (Å²) in [5, 5.41) is 11.8. The zero-order valence-electron chi connectivity index (χ0n) is 11.2. The smallest absolute Gasteiger partial charge is 0.256 e. The van der Waals surface area contributed by atoms with Gasteiger partial charge in [-0.05, 0) is 49.8 Å². The second kappa shape index (κ2) is 4.39. The van der Waals surface area contributed by atoms with Crippen LogP contribution >= 0.6 is 0 Å².